The van der Waals surface area contributed by atoms with Crippen molar-refractivity contribution in [3.63, 3.8) is 0 Å². The first-order chi connectivity index (χ1) is 42.3. The summed E-state index contributed by atoms with van der Waals surface area (Å²) >= 11 is 0. The van der Waals surface area contributed by atoms with E-state index in [2.05, 4.69) is 4.98 Å². The van der Waals surface area contributed by atoms with Gasteiger partial charge < -0.3 is 4.42 Å². The van der Waals surface area contributed by atoms with E-state index in [1.807, 2.05) is 0 Å². The molecule has 3 heteroatoms. The highest BCUT2D eigenvalue weighted by Crippen LogP contribution is 2.51. The number of pyridine rings is 2. The van der Waals surface area contributed by atoms with E-state index in [1.165, 1.54) is 24.3 Å². The summed E-state index contributed by atoms with van der Waals surface area (Å²) < 4.78 is 269. The van der Waals surface area contributed by atoms with E-state index in [0.29, 0.717) is 0 Å². The first-order valence-corrected chi connectivity index (χ1v) is 18.4. The van der Waals surface area contributed by atoms with Gasteiger partial charge in [-0.25, -0.2) is 4.98 Å². The van der Waals surface area contributed by atoms with E-state index in [4.69, 9.17) is 34.1 Å². The molecule has 12 aromatic rings. The lowest BCUT2D eigenvalue weighted by Gasteiger charge is -2.13. The first kappa shape index (κ1) is 16.5. The number of hydrogen-bond donors (Lipinski definition) is 0. The molecule has 9 aromatic carbocycles. The van der Waals surface area contributed by atoms with Gasteiger partial charge in [-0.1, -0.05) is 187 Å². The molecule has 0 N–H and O–H groups in total. The van der Waals surface area contributed by atoms with Crippen LogP contribution in [0.3, 0.4) is 0 Å². The second-order valence-electron chi connectivity index (χ2n) is 13.4. The van der Waals surface area contributed by atoms with E-state index >= 15 is 0 Å². The topological polar surface area (TPSA) is 38.9 Å². The van der Waals surface area contributed by atoms with Gasteiger partial charge in [0.15, 0.2) is 0 Å². The zero-order valence-corrected chi connectivity index (χ0v) is 30.8. The molecule has 0 spiro atoms. The van der Waals surface area contributed by atoms with Crippen molar-refractivity contribution in [1.82, 2.24) is 9.97 Å². The van der Waals surface area contributed by atoms with Gasteiger partial charge in [0.05, 0.1) is 56.5 Å². The molecule has 61 heavy (non-hydrogen) atoms. The molecule has 3 heterocycles. The molecule has 0 unspecified atom stereocenters. The molecule has 0 aliphatic rings. The Balaban J connectivity index is 1.26. The van der Waals surface area contributed by atoms with Gasteiger partial charge in [0.1, 0.15) is 11.5 Å². The number of hydrogen-bond acceptors (Lipinski definition) is 3. The number of rotatable bonds is 6. The smallest absolute Gasteiger partial charge is 0.143 e. The molecule has 0 aliphatic carbocycles. The van der Waals surface area contributed by atoms with Crippen LogP contribution in [0.2, 0.25) is 0 Å². The maximum Gasteiger partial charge on any atom is 0.143 e. The summed E-state index contributed by atoms with van der Waals surface area (Å²) in [5, 5.41) is -2.24. The summed E-state index contributed by atoms with van der Waals surface area (Å²) in [7, 11) is 0. The summed E-state index contributed by atoms with van der Waals surface area (Å²) in [6.45, 7) is 0. The predicted octanol–water partition coefficient (Wildman–Crippen LogP) is 15.8. The van der Waals surface area contributed by atoms with Crippen LogP contribution in [0.5, 0.6) is 0 Å². The van der Waals surface area contributed by atoms with Gasteiger partial charge in [0, 0.05) is 44.8 Å². The molecule has 0 bridgehead atoms. The third kappa shape index (κ3) is 5.82. The monoisotopic (exact) mass is 805 g/mol. The number of fused-ring (bicyclic) bond motifs is 7. The van der Waals surface area contributed by atoms with Crippen molar-refractivity contribution in [2.45, 2.75) is 0 Å². The highest BCUT2D eigenvalue weighted by molar-refractivity contribution is 6.16. The van der Waals surface area contributed by atoms with Crippen molar-refractivity contribution in [1.29, 1.82) is 0 Å². The van der Waals surface area contributed by atoms with Crippen molar-refractivity contribution in [2.24, 2.45) is 0 Å². The molecule has 12 rings (SSSR count). The van der Waals surface area contributed by atoms with Crippen molar-refractivity contribution < 1.29 is 44.2 Å². The molecule has 3 nitrogen and oxygen atoms in total. The minimum Gasteiger partial charge on any atom is -0.455 e. The van der Waals surface area contributed by atoms with Crippen LogP contribution >= 0.6 is 0 Å². The third-order valence-corrected chi connectivity index (χ3v) is 10.1. The lowest BCUT2D eigenvalue weighted by Crippen LogP contribution is -1.91. The van der Waals surface area contributed by atoms with Crippen LogP contribution in [-0.2, 0) is 0 Å². The summed E-state index contributed by atoms with van der Waals surface area (Å²) in [4.78, 5) is 8.83. The van der Waals surface area contributed by atoms with E-state index in [-0.39, 0.29) is 49.4 Å². The van der Waals surface area contributed by atoms with Gasteiger partial charge in [-0.2, -0.15) is 0 Å². The van der Waals surface area contributed by atoms with Gasteiger partial charge >= 0.3 is 0 Å². The molecule has 0 aliphatic heterocycles. The number of furan rings is 1. The molecule has 0 amide bonds. The van der Waals surface area contributed by atoms with Gasteiger partial charge in [0.25, 0.3) is 0 Å². The maximum absolute atomic E-state index is 10.2. The molecule has 0 saturated heterocycles. The second-order valence-corrected chi connectivity index (χ2v) is 13.4. The van der Waals surface area contributed by atoms with Gasteiger partial charge in [-0.3, -0.25) is 4.98 Å². The Morgan fingerprint density at radius 3 is 1.77 bits per heavy atom. The minimum absolute atomic E-state index is 0.0507. The van der Waals surface area contributed by atoms with Crippen molar-refractivity contribution in [2.75, 3.05) is 0 Å². The van der Waals surface area contributed by atoms with Crippen LogP contribution in [0.1, 0.15) is 39.8 Å². The fourth-order valence-electron chi connectivity index (χ4n) is 7.51. The highest BCUT2D eigenvalue weighted by Gasteiger charge is 2.27. The lowest BCUT2D eigenvalue weighted by atomic mass is 9.88. The molecule has 284 valence electrons. The quantitative estimate of drug-likeness (QED) is 0.157. The van der Waals surface area contributed by atoms with Crippen LogP contribution in [0, 0.1) is 0 Å². The number of nitrogens with zero attached hydrogens (tertiary/aromatic N) is 2. The Labute approximate surface area is 393 Å². The standard InChI is InChI=1S/C58H36N2O/c1-3-15-37(16-4-1)53-54(38-17-5-2-6-18-38)58(51-36-42-19-7-8-23-44(42)46-24-10-12-27-49(46)51)61-57(53)43-21-13-20-41(35-43)45-31-32-50(48-26-11-9-25-47(45)48)52-33-30-40-29-28-39-22-14-34-59-55(39)56(40)60-52/h1-36H/i1D,2D,3D,4D,5D,6D,7D,8D,10D,12D,13D,14D,15D,16D,17D,18D,19D,20D,21D,22D,23D,24D,27D,28D,29D,30D,33D,34D,35D. The Morgan fingerprint density at radius 1 is 0.393 bits per heavy atom. The summed E-state index contributed by atoms with van der Waals surface area (Å²) in [5.74, 6) is -1.73. The van der Waals surface area contributed by atoms with E-state index in [0.717, 1.165) is 6.07 Å². The maximum atomic E-state index is 10.2. The molecular weight excluding hydrogens is 741 g/mol. The fourth-order valence-corrected chi connectivity index (χ4v) is 7.51. The van der Waals surface area contributed by atoms with Gasteiger partial charge in [0.2, 0.25) is 0 Å². The van der Waals surface area contributed by atoms with Crippen molar-refractivity contribution >= 4 is 54.1 Å². The molecule has 0 saturated carbocycles. The summed E-state index contributed by atoms with van der Waals surface area (Å²) in [6.07, 6.45) is -0.664. The van der Waals surface area contributed by atoms with Crippen LogP contribution in [-0.4, -0.2) is 9.97 Å². The third-order valence-electron chi connectivity index (χ3n) is 10.1. The number of benzene rings is 9. The van der Waals surface area contributed by atoms with Crippen LogP contribution in [0.25, 0.3) is 121 Å². The average Bonchev–Trinajstić information content (AvgIpc) is 1.33. The Bertz CT molecular complexity index is 5310. The molecule has 3 aromatic heterocycles. The Hall–Kier alpha value is -8.14. The lowest BCUT2D eigenvalue weighted by molar-refractivity contribution is 0.599. The second kappa shape index (κ2) is 14.3. The number of aromatic nitrogens is 2. The largest absolute Gasteiger partial charge is 0.455 e. The molecule has 0 fully saturated rings. The Kier molecular flexibility index (Phi) is 3.86. The van der Waals surface area contributed by atoms with Gasteiger partial charge in [-0.15, -0.1) is 0 Å². The van der Waals surface area contributed by atoms with Crippen molar-refractivity contribution in [3.8, 4) is 67.3 Å². The zero-order valence-electron chi connectivity index (χ0n) is 59.8. The van der Waals surface area contributed by atoms with Crippen LogP contribution < -0.4 is 0 Å². The van der Waals surface area contributed by atoms with Crippen molar-refractivity contribution in [3.05, 3.63) is 218 Å². The molecular formula is C58H36N2O. The highest BCUT2D eigenvalue weighted by atomic mass is 16.3. The average molecular weight is 806 g/mol. The fraction of sp³-hybridized carbons (Fsp3) is 0. The van der Waals surface area contributed by atoms with Gasteiger partial charge in [-0.05, 0) is 78.8 Å². The first-order valence-electron chi connectivity index (χ1n) is 32.9. The minimum atomic E-state index is -1.04. The van der Waals surface area contributed by atoms with Crippen LogP contribution in [0.4, 0.5) is 0 Å². The normalized spacial score (nSPS) is 18.3. The van der Waals surface area contributed by atoms with E-state index in [1.54, 1.807) is 12.1 Å². The SMILES string of the molecule is [2H]c1nc2c(c([2H])c1[2H])c([2H])c([2H])c1c([2H])c([2H])c(-c3ccc(-c4c([2H])c([2H])c([2H])c(-c5oc(-c6cc7c([2H])c([2H])c([2H])c([2H])c7c7c([2H])c([2H])c([2H])c([2H])c67)c(-c6c([2H])c([2H])c([2H])c([2H])c6[2H])c5-c5c([2H])c([2H])c([2H])c([2H])c5[2H])c4[2H])c4ccccc34)nc12. The summed E-state index contributed by atoms with van der Waals surface area (Å²) in [5.41, 5.74) is -5.83. The van der Waals surface area contributed by atoms with Crippen LogP contribution in [0.15, 0.2) is 222 Å². The Morgan fingerprint density at radius 2 is 0.984 bits per heavy atom. The molecule has 0 atom stereocenters. The molecule has 0 radical (unpaired) electrons. The predicted molar refractivity (Wildman–Crippen MR) is 254 cm³/mol. The summed E-state index contributed by atoms with van der Waals surface area (Å²) in [6, 6.07) is -14.0. The zero-order chi connectivity index (χ0) is 65.5. The van der Waals surface area contributed by atoms with E-state index in [9.17, 15) is 15.1 Å². The van der Waals surface area contributed by atoms with E-state index < -0.39 is 247 Å².